The molecule has 90 valence electrons. The molecule has 0 radical (unpaired) electrons. The number of amides is 1. The van der Waals surface area contributed by atoms with Crippen LogP contribution in [-0.2, 0) is 9.53 Å². The Kier molecular flexibility index (Phi) is 7.34. The van der Waals surface area contributed by atoms with Crippen molar-refractivity contribution in [1.82, 2.24) is 4.90 Å². The molecule has 0 aliphatic carbocycles. The molecule has 1 amide bonds. The van der Waals surface area contributed by atoms with E-state index in [1.165, 1.54) is 0 Å². The van der Waals surface area contributed by atoms with Crippen molar-refractivity contribution in [2.24, 2.45) is 5.73 Å². The Balaban J connectivity index is 3.78. The number of hydrogen-bond donors (Lipinski definition) is 1. The summed E-state index contributed by atoms with van der Waals surface area (Å²) in [6.45, 7) is 7.15. The third-order valence-electron chi connectivity index (χ3n) is 2.17. The third kappa shape index (κ3) is 6.47. The van der Waals surface area contributed by atoms with Crippen molar-refractivity contribution in [3.05, 3.63) is 0 Å². The zero-order chi connectivity index (χ0) is 11.8. The van der Waals surface area contributed by atoms with Gasteiger partial charge in [0, 0.05) is 13.6 Å². The number of ether oxygens (including phenoxy) is 1. The van der Waals surface area contributed by atoms with Gasteiger partial charge < -0.3 is 15.4 Å². The predicted molar refractivity (Wildman–Crippen MR) is 61.6 cm³/mol. The number of carbonyl (C=O) groups excluding carboxylic acids is 1. The van der Waals surface area contributed by atoms with Crippen LogP contribution in [0, 0.1) is 0 Å². The number of nitrogens with two attached hydrogens (primary N) is 1. The Hall–Kier alpha value is -0.610. The highest BCUT2D eigenvalue weighted by Gasteiger charge is 2.16. The van der Waals surface area contributed by atoms with Crippen LogP contribution in [0.2, 0.25) is 0 Å². The van der Waals surface area contributed by atoms with Crippen LogP contribution in [-0.4, -0.2) is 43.2 Å². The number of likely N-dealkylation sites (N-methyl/N-ethyl adjacent to an activating group) is 1. The van der Waals surface area contributed by atoms with E-state index in [0.717, 1.165) is 12.8 Å². The van der Waals surface area contributed by atoms with Gasteiger partial charge >= 0.3 is 0 Å². The summed E-state index contributed by atoms with van der Waals surface area (Å²) in [5.74, 6) is 0.00389. The second kappa shape index (κ2) is 7.65. The van der Waals surface area contributed by atoms with E-state index in [4.69, 9.17) is 10.5 Å². The molecule has 0 fully saturated rings. The van der Waals surface area contributed by atoms with Crippen molar-refractivity contribution < 1.29 is 9.53 Å². The van der Waals surface area contributed by atoms with Crippen molar-refractivity contribution in [2.75, 3.05) is 20.2 Å². The lowest BCUT2D eigenvalue weighted by Crippen LogP contribution is -2.43. The van der Waals surface area contributed by atoms with E-state index in [-0.39, 0.29) is 18.1 Å². The first-order valence-electron chi connectivity index (χ1n) is 5.61. The highest BCUT2D eigenvalue weighted by molar-refractivity contribution is 5.81. The van der Waals surface area contributed by atoms with Crippen molar-refractivity contribution in [3.63, 3.8) is 0 Å². The molecule has 0 saturated heterocycles. The van der Waals surface area contributed by atoms with Crippen LogP contribution in [0.3, 0.4) is 0 Å². The fourth-order valence-corrected chi connectivity index (χ4v) is 1.25. The van der Waals surface area contributed by atoms with Crippen LogP contribution >= 0.6 is 0 Å². The minimum absolute atomic E-state index is 0.00389. The lowest BCUT2D eigenvalue weighted by molar-refractivity contribution is -0.132. The molecule has 0 aromatic rings. The first kappa shape index (κ1) is 14.4. The van der Waals surface area contributed by atoms with Gasteiger partial charge in [-0.1, -0.05) is 13.3 Å². The molecule has 15 heavy (non-hydrogen) atoms. The van der Waals surface area contributed by atoms with Gasteiger partial charge in [-0.25, -0.2) is 0 Å². The van der Waals surface area contributed by atoms with Crippen molar-refractivity contribution >= 4 is 5.91 Å². The van der Waals surface area contributed by atoms with Gasteiger partial charge in [0.25, 0.3) is 0 Å². The third-order valence-corrected chi connectivity index (χ3v) is 2.17. The lowest BCUT2D eigenvalue weighted by atomic mass is 10.1. The molecule has 0 bridgehead atoms. The molecule has 0 aliphatic rings. The van der Waals surface area contributed by atoms with E-state index in [9.17, 15) is 4.79 Å². The van der Waals surface area contributed by atoms with Gasteiger partial charge in [-0.15, -0.1) is 0 Å². The molecule has 0 rings (SSSR count). The summed E-state index contributed by atoms with van der Waals surface area (Å²) in [4.78, 5) is 13.3. The summed E-state index contributed by atoms with van der Waals surface area (Å²) in [5.41, 5.74) is 5.73. The molecule has 0 saturated carbocycles. The maximum Gasteiger partial charge on any atom is 0.239 e. The van der Waals surface area contributed by atoms with Gasteiger partial charge in [-0.05, 0) is 20.3 Å². The summed E-state index contributed by atoms with van der Waals surface area (Å²) < 4.78 is 5.37. The van der Waals surface area contributed by atoms with Gasteiger partial charge in [-0.2, -0.15) is 0 Å². The fraction of sp³-hybridized carbons (Fsp3) is 0.909. The normalized spacial score (nSPS) is 12.9. The van der Waals surface area contributed by atoms with Crippen molar-refractivity contribution in [3.8, 4) is 0 Å². The molecule has 0 spiro atoms. The van der Waals surface area contributed by atoms with Crippen LogP contribution in [0.5, 0.6) is 0 Å². The van der Waals surface area contributed by atoms with Crippen LogP contribution in [0.1, 0.15) is 33.6 Å². The molecule has 0 unspecified atom stereocenters. The zero-order valence-electron chi connectivity index (χ0n) is 10.3. The Morgan fingerprint density at radius 1 is 1.47 bits per heavy atom. The first-order valence-corrected chi connectivity index (χ1v) is 5.61. The maximum absolute atomic E-state index is 11.7. The van der Waals surface area contributed by atoms with E-state index < -0.39 is 0 Å². The molecule has 2 N–H and O–H groups in total. The zero-order valence-corrected chi connectivity index (χ0v) is 10.3. The summed E-state index contributed by atoms with van der Waals surface area (Å²) in [6.07, 6.45) is 1.88. The monoisotopic (exact) mass is 216 g/mol. The standard InChI is InChI=1S/C11H24N2O2/c1-5-6-10(12)11(14)13(4)7-8-15-9(2)3/h9-10H,5-8,12H2,1-4H3/t10-/m0/s1. The summed E-state index contributed by atoms with van der Waals surface area (Å²) in [7, 11) is 1.77. The average Bonchev–Trinajstić information content (AvgIpc) is 2.16. The topological polar surface area (TPSA) is 55.6 Å². The van der Waals surface area contributed by atoms with Gasteiger partial charge in [0.15, 0.2) is 0 Å². The highest BCUT2D eigenvalue weighted by Crippen LogP contribution is 1.98. The Bertz CT molecular complexity index is 183. The fourth-order valence-electron chi connectivity index (χ4n) is 1.25. The number of carbonyl (C=O) groups is 1. The summed E-state index contributed by atoms with van der Waals surface area (Å²) in [5, 5.41) is 0. The number of rotatable bonds is 7. The predicted octanol–water partition coefficient (Wildman–Crippen LogP) is 0.997. The molecule has 0 heterocycles. The second-order valence-corrected chi connectivity index (χ2v) is 4.07. The SMILES string of the molecule is CCC[C@H](N)C(=O)N(C)CCOC(C)C. The van der Waals surface area contributed by atoms with Crippen molar-refractivity contribution in [1.29, 1.82) is 0 Å². The van der Waals surface area contributed by atoms with Crippen LogP contribution < -0.4 is 5.73 Å². The van der Waals surface area contributed by atoms with E-state index >= 15 is 0 Å². The molecule has 0 aliphatic heterocycles. The second-order valence-electron chi connectivity index (χ2n) is 4.07. The van der Waals surface area contributed by atoms with Crippen LogP contribution in [0.25, 0.3) is 0 Å². The van der Waals surface area contributed by atoms with Gasteiger partial charge in [0.1, 0.15) is 0 Å². The largest absolute Gasteiger partial charge is 0.377 e. The number of nitrogens with zero attached hydrogens (tertiary/aromatic N) is 1. The van der Waals surface area contributed by atoms with Crippen molar-refractivity contribution in [2.45, 2.75) is 45.8 Å². The maximum atomic E-state index is 11.7. The Morgan fingerprint density at radius 3 is 2.53 bits per heavy atom. The first-order chi connectivity index (χ1) is 6.99. The molecular formula is C11H24N2O2. The Labute approximate surface area is 92.8 Å². The minimum atomic E-state index is -0.362. The van der Waals surface area contributed by atoms with Gasteiger partial charge in [-0.3, -0.25) is 4.79 Å². The molecule has 1 atom stereocenters. The quantitative estimate of drug-likeness (QED) is 0.690. The van der Waals surface area contributed by atoms with E-state index in [2.05, 4.69) is 0 Å². The smallest absolute Gasteiger partial charge is 0.239 e. The number of hydrogen-bond acceptors (Lipinski definition) is 3. The average molecular weight is 216 g/mol. The van der Waals surface area contributed by atoms with Gasteiger partial charge in [0.05, 0.1) is 18.8 Å². The lowest BCUT2D eigenvalue weighted by Gasteiger charge is -2.21. The summed E-state index contributed by atoms with van der Waals surface area (Å²) in [6, 6.07) is -0.362. The molecule has 0 aromatic heterocycles. The van der Waals surface area contributed by atoms with E-state index in [0.29, 0.717) is 13.2 Å². The summed E-state index contributed by atoms with van der Waals surface area (Å²) >= 11 is 0. The molecule has 0 aromatic carbocycles. The van der Waals surface area contributed by atoms with Gasteiger partial charge in [0.2, 0.25) is 5.91 Å². The molecule has 4 nitrogen and oxygen atoms in total. The van der Waals surface area contributed by atoms with Crippen LogP contribution in [0.4, 0.5) is 0 Å². The molecule has 4 heteroatoms. The molecular weight excluding hydrogens is 192 g/mol. The Morgan fingerprint density at radius 2 is 2.07 bits per heavy atom. The van der Waals surface area contributed by atoms with E-state index in [1.54, 1.807) is 11.9 Å². The van der Waals surface area contributed by atoms with E-state index in [1.807, 2.05) is 20.8 Å². The minimum Gasteiger partial charge on any atom is -0.377 e. The van der Waals surface area contributed by atoms with Crippen LogP contribution in [0.15, 0.2) is 0 Å². The highest BCUT2D eigenvalue weighted by atomic mass is 16.5.